The van der Waals surface area contributed by atoms with Crippen molar-refractivity contribution in [2.75, 3.05) is 5.32 Å². The van der Waals surface area contributed by atoms with Gasteiger partial charge in [-0.3, -0.25) is 0 Å². The lowest BCUT2D eigenvalue weighted by atomic mass is 10.3. The van der Waals surface area contributed by atoms with Crippen LogP contribution >= 0.6 is 11.5 Å². The van der Waals surface area contributed by atoms with E-state index in [2.05, 4.69) is 19.7 Å². The second-order valence-corrected chi connectivity index (χ2v) is 3.76. The number of carbonyl (C=O) groups is 1. The van der Waals surface area contributed by atoms with E-state index in [9.17, 15) is 4.79 Å². The van der Waals surface area contributed by atoms with Gasteiger partial charge in [0.2, 0.25) is 5.13 Å². The molecule has 0 aliphatic carbocycles. The molecule has 0 unspecified atom stereocenters. The molecule has 0 aliphatic rings. The fraction of sp³-hybridized carbons (Fsp3) is 0.111. The van der Waals surface area contributed by atoms with Crippen molar-refractivity contribution in [2.45, 2.75) is 6.92 Å². The highest BCUT2D eigenvalue weighted by molar-refractivity contribution is 7.09. The number of hydrogen-bond acceptors (Lipinski definition) is 6. The van der Waals surface area contributed by atoms with Crippen molar-refractivity contribution in [3.8, 4) is 0 Å². The molecule has 6 nitrogen and oxygen atoms in total. The highest BCUT2D eigenvalue weighted by atomic mass is 32.1. The van der Waals surface area contributed by atoms with Crippen LogP contribution in [0.1, 0.15) is 16.2 Å². The Kier molecular flexibility index (Phi) is 2.78. The van der Waals surface area contributed by atoms with Crippen LogP contribution < -0.4 is 5.32 Å². The number of pyridine rings is 1. The SMILES string of the molecule is Cc1nsc(Nc2cc(C(=O)O)ccn2)n1. The minimum atomic E-state index is -0.987. The van der Waals surface area contributed by atoms with Gasteiger partial charge in [-0.15, -0.1) is 0 Å². The molecule has 0 spiro atoms. The Hall–Kier alpha value is -2.02. The number of anilines is 2. The van der Waals surface area contributed by atoms with Gasteiger partial charge in [0.15, 0.2) is 0 Å². The molecule has 2 aromatic rings. The molecular formula is C9H8N4O2S. The van der Waals surface area contributed by atoms with E-state index in [1.807, 2.05) is 0 Å². The summed E-state index contributed by atoms with van der Waals surface area (Å²) in [6, 6.07) is 2.87. The van der Waals surface area contributed by atoms with E-state index >= 15 is 0 Å². The number of aryl methyl sites for hydroxylation is 1. The lowest BCUT2D eigenvalue weighted by molar-refractivity contribution is 0.0697. The summed E-state index contributed by atoms with van der Waals surface area (Å²) < 4.78 is 3.99. The molecule has 0 saturated carbocycles. The first-order valence-electron chi connectivity index (χ1n) is 4.42. The van der Waals surface area contributed by atoms with E-state index in [-0.39, 0.29) is 5.56 Å². The van der Waals surface area contributed by atoms with Gasteiger partial charge < -0.3 is 10.4 Å². The van der Waals surface area contributed by atoms with Crippen LogP contribution in [0.3, 0.4) is 0 Å². The Balaban J connectivity index is 2.21. The van der Waals surface area contributed by atoms with Gasteiger partial charge in [0.05, 0.1) is 5.56 Å². The largest absolute Gasteiger partial charge is 0.478 e. The number of nitrogens with zero attached hydrogens (tertiary/aromatic N) is 3. The van der Waals surface area contributed by atoms with Gasteiger partial charge in [0, 0.05) is 17.7 Å². The standard InChI is InChI=1S/C9H8N4O2S/c1-5-11-9(16-13-5)12-7-4-6(8(14)15)2-3-10-7/h2-4H,1H3,(H,14,15)(H,10,11,12,13). The predicted molar refractivity (Wildman–Crippen MR) is 59.1 cm³/mol. The van der Waals surface area contributed by atoms with Crippen LogP contribution in [0.15, 0.2) is 18.3 Å². The quantitative estimate of drug-likeness (QED) is 0.843. The first kappa shape index (κ1) is 10.5. The number of carboxylic acid groups (broad SMARTS) is 1. The molecule has 0 aromatic carbocycles. The van der Waals surface area contributed by atoms with Crippen molar-refractivity contribution in [1.82, 2.24) is 14.3 Å². The number of nitrogens with one attached hydrogen (secondary N) is 1. The number of aromatic carboxylic acids is 1. The maximum atomic E-state index is 10.7. The molecule has 0 aliphatic heterocycles. The molecular weight excluding hydrogens is 228 g/mol. The molecule has 0 fully saturated rings. The van der Waals surface area contributed by atoms with Crippen molar-refractivity contribution in [3.05, 3.63) is 29.7 Å². The van der Waals surface area contributed by atoms with Crippen LogP contribution in [0.4, 0.5) is 10.9 Å². The minimum Gasteiger partial charge on any atom is -0.478 e. The van der Waals surface area contributed by atoms with Gasteiger partial charge in [0.25, 0.3) is 0 Å². The van der Waals surface area contributed by atoms with Gasteiger partial charge in [0.1, 0.15) is 11.6 Å². The molecule has 2 N–H and O–H groups in total. The summed E-state index contributed by atoms with van der Waals surface area (Å²) in [4.78, 5) is 18.8. The third kappa shape index (κ3) is 2.31. The van der Waals surface area contributed by atoms with Crippen LogP contribution in [-0.4, -0.2) is 25.4 Å². The summed E-state index contributed by atoms with van der Waals surface area (Å²) in [6.45, 7) is 1.78. The van der Waals surface area contributed by atoms with E-state index in [4.69, 9.17) is 5.11 Å². The van der Waals surface area contributed by atoms with Gasteiger partial charge in [-0.05, 0) is 19.1 Å². The smallest absolute Gasteiger partial charge is 0.335 e. The highest BCUT2D eigenvalue weighted by Gasteiger charge is 2.06. The zero-order chi connectivity index (χ0) is 11.5. The van der Waals surface area contributed by atoms with Crippen LogP contribution in [0.25, 0.3) is 0 Å². The number of aromatic nitrogens is 3. The van der Waals surface area contributed by atoms with Crippen LogP contribution in [0.2, 0.25) is 0 Å². The van der Waals surface area contributed by atoms with E-state index in [1.165, 1.54) is 29.9 Å². The Morgan fingerprint density at radius 2 is 2.38 bits per heavy atom. The average Bonchev–Trinajstić information content (AvgIpc) is 2.64. The summed E-state index contributed by atoms with van der Waals surface area (Å²) in [5.74, 6) is 0.122. The fourth-order valence-electron chi connectivity index (χ4n) is 1.09. The lowest BCUT2D eigenvalue weighted by Gasteiger charge is -2.01. The first-order chi connectivity index (χ1) is 7.65. The number of carboxylic acids is 1. The fourth-order valence-corrected chi connectivity index (χ4v) is 1.67. The summed E-state index contributed by atoms with van der Waals surface area (Å²) >= 11 is 1.20. The summed E-state index contributed by atoms with van der Waals surface area (Å²) in [5.41, 5.74) is 0.179. The maximum absolute atomic E-state index is 10.7. The Labute approximate surface area is 95.2 Å². The van der Waals surface area contributed by atoms with Gasteiger partial charge in [-0.25, -0.2) is 14.8 Å². The monoisotopic (exact) mass is 236 g/mol. The van der Waals surface area contributed by atoms with Crippen molar-refractivity contribution in [2.24, 2.45) is 0 Å². The van der Waals surface area contributed by atoms with Gasteiger partial charge >= 0.3 is 5.97 Å². The maximum Gasteiger partial charge on any atom is 0.335 e. The molecule has 0 saturated heterocycles. The van der Waals surface area contributed by atoms with Crippen LogP contribution in [-0.2, 0) is 0 Å². The van der Waals surface area contributed by atoms with Crippen molar-refractivity contribution in [3.63, 3.8) is 0 Å². The molecule has 2 aromatic heterocycles. The molecule has 0 bridgehead atoms. The highest BCUT2D eigenvalue weighted by Crippen LogP contribution is 2.16. The second kappa shape index (κ2) is 4.23. The third-order valence-corrected chi connectivity index (χ3v) is 2.49. The average molecular weight is 236 g/mol. The molecule has 82 valence electrons. The molecule has 16 heavy (non-hydrogen) atoms. The number of rotatable bonds is 3. The molecule has 7 heteroatoms. The van der Waals surface area contributed by atoms with Gasteiger partial charge in [-0.2, -0.15) is 4.37 Å². The van der Waals surface area contributed by atoms with Crippen LogP contribution in [0, 0.1) is 6.92 Å². The van der Waals surface area contributed by atoms with E-state index in [0.29, 0.717) is 16.8 Å². The summed E-state index contributed by atoms with van der Waals surface area (Å²) in [5, 5.41) is 12.3. The zero-order valence-electron chi connectivity index (χ0n) is 8.34. The first-order valence-corrected chi connectivity index (χ1v) is 5.19. The lowest BCUT2D eigenvalue weighted by Crippen LogP contribution is -1.99. The minimum absolute atomic E-state index is 0.179. The third-order valence-electron chi connectivity index (χ3n) is 1.77. The molecule has 0 amide bonds. The summed E-state index contributed by atoms with van der Waals surface area (Å²) in [6.07, 6.45) is 1.43. The van der Waals surface area contributed by atoms with E-state index < -0.39 is 5.97 Å². The van der Waals surface area contributed by atoms with Crippen molar-refractivity contribution in [1.29, 1.82) is 0 Å². The Morgan fingerprint density at radius 3 is 3.00 bits per heavy atom. The van der Waals surface area contributed by atoms with Crippen molar-refractivity contribution < 1.29 is 9.90 Å². The van der Waals surface area contributed by atoms with E-state index in [0.717, 1.165) is 0 Å². The van der Waals surface area contributed by atoms with Gasteiger partial charge in [-0.1, -0.05) is 0 Å². The normalized spacial score (nSPS) is 10.1. The Bertz CT molecular complexity index is 526. The molecule has 2 rings (SSSR count). The number of hydrogen-bond donors (Lipinski definition) is 2. The zero-order valence-corrected chi connectivity index (χ0v) is 9.15. The van der Waals surface area contributed by atoms with E-state index in [1.54, 1.807) is 6.92 Å². The van der Waals surface area contributed by atoms with Crippen LogP contribution in [0.5, 0.6) is 0 Å². The van der Waals surface area contributed by atoms with Crippen molar-refractivity contribution >= 4 is 28.5 Å². The summed E-state index contributed by atoms with van der Waals surface area (Å²) in [7, 11) is 0. The molecule has 0 radical (unpaired) electrons. The molecule has 0 atom stereocenters. The second-order valence-electron chi connectivity index (χ2n) is 3.01. The predicted octanol–water partition coefficient (Wildman–Crippen LogP) is 1.68. The Morgan fingerprint density at radius 1 is 1.56 bits per heavy atom. The topological polar surface area (TPSA) is 88.0 Å². The molecule has 2 heterocycles.